The zero-order valence-corrected chi connectivity index (χ0v) is 19.5. The van der Waals surface area contributed by atoms with Crippen molar-refractivity contribution in [1.29, 1.82) is 0 Å². The highest BCUT2D eigenvalue weighted by Gasteiger charge is 2.24. The van der Waals surface area contributed by atoms with Gasteiger partial charge in [0.25, 0.3) is 0 Å². The molecule has 3 aromatic carbocycles. The number of hydrogen-bond acceptors (Lipinski definition) is 3. The van der Waals surface area contributed by atoms with Crippen LogP contribution in [0.2, 0.25) is 0 Å². The maximum Gasteiger partial charge on any atom is 0.308 e. The Morgan fingerprint density at radius 1 is 0.972 bits per heavy atom. The largest absolute Gasteiger partial charge is 0.481 e. The standard InChI is InChI=1S/C30H23F2NO3/c1-18(30(34)35)17-36-29-24-5-3-2-4-20(24)9-10-21-8-6-19(14-25(21)29)7-12-23-13-11-22-15-26(31)27(32)16-28(22)33-23/h2-16,18,29H,17H2,1H3,(H,34,35)/t18-,29?/m1/s1. The molecule has 0 bridgehead atoms. The minimum absolute atomic E-state index is 0.0754. The molecule has 0 saturated heterocycles. The van der Waals surface area contributed by atoms with Crippen LogP contribution < -0.4 is 0 Å². The van der Waals surface area contributed by atoms with Gasteiger partial charge in [-0.1, -0.05) is 60.7 Å². The van der Waals surface area contributed by atoms with Crippen LogP contribution in [0.4, 0.5) is 8.78 Å². The van der Waals surface area contributed by atoms with E-state index in [0.717, 1.165) is 39.9 Å². The van der Waals surface area contributed by atoms with E-state index in [1.807, 2.05) is 66.8 Å². The van der Waals surface area contributed by atoms with Gasteiger partial charge in [-0.3, -0.25) is 4.79 Å². The fourth-order valence-corrected chi connectivity index (χ4v) is 4.22. The average Bonchev–Trinajstić information content (AvgIpc) is 3.03. The van der Waals surface area contributed by atoms with E-state index in [2.05, 4.69) is 4.98 Å². The number of halogens is 2. The molecule has 4 aromatic rings. The number of carboxylic acids is 1. The second kappa shape index (κ2) is 9.84. The minimum atomic E-state index is -0.932. The number of benzene rings is 3. The van der Waals surface area contributed by atoms with Gasteiger partial charge in [0.1, 0.15) is 6.10 Å². The van der Waals surface area contributed by atoms with Crippen molar-refractivity contribution in [2.45, 2.75) is 13.0 Å². The SMILES string of the molecule is C[C@H](COC1c2ccccc2C=Cc2ccc(C=Cc3ccc4cc(F)c(F)cc4n3)cc21)C(=O)O. The van der Waals surface area contributed by atoms with Crippen LogP contribution >= 0.6 is 0 Å². The Morgan fingerprint density at radius 3 is 2.53 bits per heavy atom. The van der Waals surface area contributed by atoms with Crippen molar-refractivity contribution >= 4 is 41.2 Å². The first-order valence-electron chi connectivity index (χ1n) is 11.6. The molecule has 1 heterocycles. The van der Waals surface area contributed by atoms with E-state index in [4.69, 9.17) is 4.74 Å². The molecule has 0 spiro atoms. The van der Waals surface area contributed by atoms with E-state index in [0.29, 0.717) is 16.6 Å². The second-order valence-electron chi connectivity index (χ2n) is 8.83. The first-order chi connectivity index (χ1) is 17.4. The molecule has 36 heavy (non-hydrogen) atoms. The van der Waals surface area contributed by atoms with Gasteiger partial charge in [-0.25, -0.2) is 13.8 Å². The van der Waals surface area contributed by atoms with Crippen LogP contribution in [0.3, 0.4) is 0 Å². The van der Waals surface area contributed by atoms with Gasteiger partial charge < -0.3 is 9.84 Å². The molecular formula is C30H23F2NO3. The molecule has 2 atom stereocenters. The molecule has 1 aromatic heterocycles. The molecule has 0 radical (unpaired) electrons. The maximum absolute atomic E-state index is 13.6. The molecule has 6 heteroatoms. The molecular weight excluding hydrogens is 460 g/mol. The number of hydrogen-bond donors (Lipinski definition) is 1. The van der Waals surface area contributed by atoms with Crippen LogP contribution in [-0.4, -0.2) is 22.7 Å². The van der Waals surface area contributed by atoms with Crippen LogP contribution in [0.1, 0.15) is 46.5 Å². The number of fused-ring (bicyclic) bond motifs is 3. The van der Waals surface area contributed by atoms with E-state index in [9.17, 15) is 18.7 Å². The summed E-state index contributed by atoms with van der Waals surface area (Å²) in [4.78, 5) is 15.8. The molecule has 0 amide bonds. The number of carboxylic acid groups (broad SMARTS) is 1. The highest BCUT2D eigenvalue weighted by molar-refractivity contribution is 5.82. The number of nitrogens with zero attached hydrogens (tertiary/aromatic N) is 1. The Hall–Kier alpha value is -4.16. The van der Waals surface area contributed by atoms with E-state index in [1.165, 1.54) is 0 Å². The van der Waals surface area contributed by atoms with Crippen LogP contribution in [0, 0.1) is 17.6 Å². The lowest BCUT2D eigenvalue weighted by Gasteiger charge is -2.22. The zero-order valence-electron chi connectivity index (χ0n) is 19.5. The Balaban J connectivity index is 1.49. The number of carbonyl (C=O) groups is 1. The summed E-state index contributed by atoms with van der Waals surface area (Å²) in [6.45, 7) is 1.70. The molecule has 1 unspecified atom stereocenters. The van der Waals surface area contributed by atoms with Crippen molar-refractivity contribution in [2.24, 2.45) is 5.92 Å². The predicted molar refractivity (Wildman–Crippen MR) is 137 cm³/mol. The number of aliphatic carboxylic acids is 1. The molecule has 180 valence electrons. The zero-order chi connectivity index (χ0) is 25.2. The van der Waals surface area contributed by atoms with E-state index < -0.39 is 29.6 Å². The van der Waals surface area contributed by atoms with Gasteiger partial charge in [0.2, 0.25) is 0 Å². The summed E-state index contributed by atoms with van der Waals surface area (Å²) in [5, 5.41) is 9.85. The lowest BCUT2D eigenvalue weighted by Crippen LogP contribution is -2.19. The van der Waals surface area contributed by atoms with Gasteiger partial charge in [0.05, 0.1) is 23.7 Å². The predicted octanol–water partition coefficient (Wildman–Crippen LogP) is 6.99. The Bertz CT molecular complexity index is 1530. The normalized spacial score (nSPS) is 15.5. The summed E-state index contributed by atoms with van der Waals surface area (Å²) in [5.41, 5.74) is 5.78. The van der Waals surface area contributed by atoms with Crippen molar-refractivity contribution in [3.05, 3.63) is 112 Å². The number of ether oxygens (including phenoxy) is 1. The molecule has 1 N–H and O–H groups in total. The van der Waals surface area contributed by atoms with Crippen molar-refractivity contribution < 1.29 is 23.4 Å². The molecule has 0 saturated carbocycles. The monoisotopic (exact) mass is 483 g/mol. The lowest BCUT2D eigenvalue weighted by molar-refractivity contribution is -0.143. The molecule has 0 aliphatic heterocycles. The second-order valence-corrected chi connectivity index (χ2v) is 8.83. The fraction of sp³-hybridized carbons (Fsp3) is 0.133. The van der Waals surface area contributed by atoms with Gasteiger partial charge in [0, 0.05) is 11.5 Å². The van der Waals surface area contributed by atoms with Gasteiger partial charge in [-0.05, 0) is 59.0 Å². The Morgan fingerprint density at radius 2 is 1.72 bits per heavy atom. The van der Waals surface area contributed by atoms with Crippen molar-refractivity contribution in [3.63, 3.8) is 0 Å². The third-order valence-electron chi connectivity index (χ3n) is 6.25. The van der Waals surface area contributed by atoms with Crippen LogP contribution in [0.25, 0.3) is 35.2 Å². The van der Waals surface area contributed by atoms with Gasteiger partial charge in [-0.2, -0.15) is 0 Å². The van der Waals surface area contributed by atoms with Gasteiger partial charge in [-0.15, -0.1) is 0 Å². The van der Waals surface area contributed by atoms with Crippen LogP contribution in [0.15, 0.2) is 66.7 Å². The van der Waals surface area contributed by atoms with Crippen molar-refractivity contribution in [1.82, 2.24) is 4.98 Å². The van der Waals surface area contributed by atoms with Gasteiger partial charge >= 0.3 is 5.97 Å². The number of aromatic nitrogens is 1. The van der Waals surface area contributed by atoms with Crippen molar-refractivity contribution in [2.75, 3.05) is 6.61 Å². The number of pyridine rings is 1. The Kier molecular flexibility index (Phi) is 6.44. The molecule has 5 rings (SSSR count). The lowest BCUT2D eigenvalue weighted by atomic mass is 9.94. The van der Waals surface area contributed by atoms with Gasteiger partial charge in [0.15, 0.2) is 11.6 Å². The molecule has 0 fully saturated rings. The fourth-order valence-electron chi connectivity index (χ4n) is 4.22. The van der Waals surface area contributed by atoms with Crippen molar-refractivity contribution in [3.8, 4) is 0 Å². The topological polar surface area (TPSA) is 59.4 Å². The smallest absolute Gasteiger partial charge is 0.308 e. The number of rotatable bonds is 6. The summed E-state index contributed by atoms with van der Waals surface area (Å²) < 4.78 is 33.3. The van der Waals surface area contributed by atoms with Crippen LogP contribution in [0.5, 0.6) is 0 Å². The summed E-state index contributed by atoms with van der Waals surface area (Å²) in [5.74, 6) is -3.38. The first kappa shape index (κ1) is 23.6. The molecule has 1 aliphatic carbocycles. The quantitative estimate of drug-likeness (QED) is 0.321. The summed E-state index contributed by atoms with van der Waals surface area (Å²) in [7, 11) is 0. The van der Waals surface area contributed by atoms with Crippen LogP contribution in [-0.2, 0) is 9.53 Å². The first-order valence-corrected chi connectivity index (χ1v) is 11.6. The van der Waals surface area contributed by atoms with E-state index in [-0.39, 0.29) is 6.61 Å². The minimum Gasteiger partial charge on any atom is -0.481 e. The summed E-state index contributed by atoms with van der Waals surface area (Å²) in [6, 6.07) is 19.6. The average molecular weight is 484 g/mol. The summed E-state index contributed by atoms with van der Waals surface area (Å²) >= 11 is 0. The highest BCUT2D eigenvalue weighted by Crippen LogP contribution is 2.36. The molecule has 1 aliphatic rings. The summed E-state index contributed by atoms with van der Waals surface area (Å²) in [6.07, 6.45) is 7.34. The Labute approximate surface area is 207 Å². The third-order valence-corrected chi connectivity index (χ3v) is 6.25. The maximum atomic E-state index is 13.6. The highest BCUT2D eigenvalue weighted by atomic mass is 19.2. The van der Waals surface area contributed by atoms with E-state index >= 15 is 0 Å². The third kappa shape index (κ3) is 4.81. The van der Waals surface area contributed by atoms with E-state index in [1.54, 1.807) is 19.1 Å². The molecule has 4 nitrogen and oxygen atoms in total.